The van der Waals surface area contributed by atoms with Crippen LogP contribution in [0.1, 0.15) is 11.1 Å². The van der Waals surface area contributed by atoms with Gasteiger partial charge in [0.2, 0.25) is 0 Å². The summed E-state index contributed by atoms with van der Waals surface area (Å²) in [6, 6.07) is 5.38. The Kier molecular flexibility index (Phi) is 2.87. The minimum atomic E-state index is -0.0824. The van der Waals surface area contributed by atoms with Crippen LogP contribution in [0.2, 0.25) is 5.02 Å². The third kappa shape index (κ3) is 2.04. The number of fused-ring (bicyclic) bond motifs is 2. The number of methoxy groups -OCH3 is 1. The lowest BCUT2D eigenvalue weighted by Crippen LogP contribution is -2.21. The lowest BCUT2D eigenvalue weighted by Gasteiger charge is -2.15. The summed E-state index contributed by atoms with van der Waals surface area (Å²) in [5.41, 5.74) is 2.09. The maximum Gasteiger partial charge on any atom is 0.195 e. The number of aromatic nitrogens is 1. The first-order valence-electron chi connectivity index (χ1n) is 5.80. The van der Waals surface area contributed by atoms with Crippen LogP contribution in [0, 0.1) is 0 Å². The number of rotatable bonds is 1. The van der Waals surface area contributed by atoms with Crippen molar-refractivity contribution in [2.45, 2.75) is 6.54 Å². The van der Waals surface area contributed by atoms with Crippen molar-refractivity contribution < 1.29 is 4.74 Å². The molecule has 1 aliphatic heterocycles. The third-order valence-electron chi connectivity index (χ3n) is 3.11. The average molecular weight is 275 g/mol. The molecule has 0 unspecified atom stereocenters. The molecule has 2 heterocycles. The van der Waals surface area contributed by atoms with Gasteiger partial charge in [-0.3, -0.25) is 9.78 Å². The maximum absolute atomic E-state index is 12.6. The number of hydrogen-bond acceptors (Lipinski definition) is 4. The van der Waals surface area contributed by atoms with Crippen molar-refractivity contribution in [2.75, 3.05) is 7.11 Å². The first kappa shape index (κ1) is 12.0. The van der Waals surface area contributed by atoms with E-state index in [4.69, 9.17) is 16.3 Å². The molecule has 1 N–H and O–H groups in total. The molecule has 1 aromatic carbocycles. The molecule has 0 fully saturated rings. The van der Waals surface area contributed by atoms with E-state index in [2.05, 4.69) is 10.3 Å². The first-order valence-corrected chi connectivity index (χ1v) is 6.18. The van der Waals surface area contributed by atoms with E-state index in [-0.39, 0.29) is 5.43 Å². The van der Waals surface area contributed by atoms with Gasteiger partial charge in [0.05, 0.1) is 17.6 Å². The number of nitrogens with one attached hydrogen (secondary N) is 1. The molecule has 19 heavy (non-hydrogen) atoms. The monoisotopic (exact) mass is 274 g/mol. The normalized spacial score (nSPS) is 13.5. The number of halogens is 1. The summed E-state index contributed by atoms with van der Waals surface area (Å²) in [6.07, 6.45) is 3.25. The molecular formula is C14H11ClN2O2. The Morgan fingerprint density at radius 2 is 2.26 bits per heavy atom. The minimum Gasteiger partial charge on any atom is -0.482 e. The molecule has 0 aliphatic carbocycles. The topological polar surface area (TPSA) is 51.2 Å². The van der Waals surface area contributed by atoms with Gasteiger partial charge < -0.3 is 10.1 Å². The van der Waals surface area contributed by atoms with Crippen LogP contribution in [-0.2, 0) is 11.3 Å². The van der Waals surface area contributed by atoms with E-state index < -0.39 is 0 Å². The van der Waals surface area contributed by atoms with E-state index >= 15 is 0 Å². The van der Waals surface area contributed by atoms with Crippen LogP contribution >= 0.6 is 11.6 Å². The Balaban J connectivity index is 2.41. The summed E-state index contributed by atoms with van der Waals surface area (Å²) < 4.78 is 5.14. The third-order valence-corrected chi connectivity index (χ3v) is 3.32. The van der Waals surface area contributed by atoms with Crippen molar-refractivity contribution >= 4 is 28.6 Å². The van der Waals surface area contributed by atoms with E-state index in [9.17, 15) is 4.79 Å². The van der Waals surface area contributed by atoms with Crippen molar-refractivity contribution in [2.24, 2.45) is 0 Å². The Morgan fingerprint density at radius 3 is 3.05 bits per heavy atom. The second-order valence-electron chi connectivity index (χ2n) is 4.25. The minimum absolute atomic E-state index is 0.0824. The van der Waals surface area contributed by atoms with Crippen LogP contribution in [0.15, 0.2) is 35.1 Å². The van der Waals surface area contributed by atoms with Gasteiger partial charge in [0.15, 0.2) is 11.3 Å². The molecule has 0 radical (unpaired) electrons. The highest BCUT2D eigenvalue weighted by molar-refractivity contribution is 6.31. The molecular weight excluding hydrogens is 264 g/mol. The van der Waals surface area contributed by atoms with Gasteiger partial charge >= 0.3 is 0 Å². The fourth-order valence-corrected chi connectivity index (χ4v) is 2.29. The van der Waals surface area contributed by atoms with Crippen molar-refractivity contribution in [3.8, 4) is 0 Å². The molecule has 0 spiro atoms. The van der Waals surface area contributed by atoms with E-state index in [1.54, 1.807) is 19.3 Å². The molecule has 1 aliphatic rings. The number of ether oxygens (including phenoxy) is 1. The molecule has 2 aromatic rings. The van der Waals surface area contributed by atoms with Crippen molar-refractivity contribution in [3.05, 3.63) is 56.7 Å². The molecule has 4 nitrogen and oxygen atoms in total. The van der Waals surface area contributed by atoms with Gasteiger partial charge in [-0.2, -0.15) is 0 Å². The van der Waals surface area contributed by atoms with Gasteiger partial charge in [0.1, 0.15) is 0 Å². The highest BCUT2D eigenvalue weighted by Crippen LogP contribution is 2.19. The van der Waals surface area contributed by atoms with Crippen LogP contribution in [-0.4, -0.2) is 12.1 Å². The maximum atomic E-state index is 12.6. The molecule has 3 rings (SSSR count). The largest absolute Gasteiger partial charge is 0.482 e. The van der Waals surface area contributed by atoms with Crippen molar-refractivity contribution in [1.29, 1.82) is 0 Å². The highest BCUT2D eigenvalue weighted by Gasteiger charge is 2.14. The second kappa shape index (κ2) is 4.55. The molecule has 0 atom stereocenters. The molecule has 0 saturated carbocycles. The van der Waals surface area contributed by atoms with Gasteiger partial charge in [-0.1, -0.05) is 17.7 Å². The van der Waals surface area contributed by atoms with E-state index in [1.807, 2.05) is 12.1 Å². The summed E-state index contributed by atoms with van der Waals surface area (Å²) >= 11 is 5.92. The summed E-state index contributed by atoms with van der Waals surface area (Å²) in [5.74, 6) is 0.582. The van der Waals surface area contributed by atoms with Gasteiger partial charge in [-0.15, -0.1) is 0 Å². The Labute approximate surface area is 114 Å². The zero-order valence-corrected chi connectivity index (χ0v) is 11.0. The fourth-order valence-electron chi connectivity index (χ4n) is 2.13. The van der Waals surface area contributed by atoms with Crippen molar-refractivity contribution in [3.63, 3.8) is 0 Å². The number of pyridine rings is 1. The predicted molar refractivity (Wildman–Crippen MR) is 74.8 cm³/mol. The average Bonchev–Trinajstić information content (AvgIpc) is 2.57. The van der Waals surface area contributed by atoms with Crippen molar-refractivity contribution in [1.82, 2.24) is 10.3 Å². The smallest absolute Gasteiger partial charge is 0.195 e. The predicted octanol–water partition coefficient (Wildman–Crippen LogP) is 2.30. The molecule has 0 bridgehead atoms. The summed E-state index contributed by atoms with van der Waals surface area (Å²) in [5, 5.41) is 4.05. The van der Waals surface area contributed by atoms with Gasteiger partial charge in [-0.05, 0) is 17.7 Å². The van der Waals surface area contributed by atoms with Crippen LogP contribution in [0.5, 0.6) is 0 Å². The zero-order chi connectivity index (χ0) is 13.4. The summed E-state index contributed by atoms with van der Waals surface area (Å²) in [6.45, 7) is 0.555. The Bertz CT molecular complexity index is 756. The van der Waals surface area contributed by atoms with Crippen LogP contribution in [0.3, 0.4) is 0 Å². The Hall–Kier alpha value is -2.07. The summed E-state index contributed by atoms with van der Waals surface area (Å²) in [4.78, 5) is 16.7. The molecule has 0 amide bonds. The van der Waals surface area contributed by atoms with Gasteiger partial charge in [-0.25, -0.2) is 0 Å². The van der Waals surface area contributed by atoms with Crippen LogP contribution < -0.4 is 10.7 Å². The quantitative estimate of drug-likeness (QED) is 0.867. The fraction of sp³-hybridized carbons (Fsp3) is 0.143. The van der Waals surface area contributed by atoms with E-state index in [1.165, 1.54) is 6.20 Å². The van der Waals surface area contributed by atoms with E-state index in [0.717, 1.165) is 5.56 Å². The number of nitrogens with zero attached hydrogens (tertiary/aromatic N) is 1. The Morgan fingerprint density at radius 1 is 1.42 bits per heavy atom. The van der Waals surface area contributed by atoms with E-state index in [0.29, 0.717) is 33.9 Å². The molecule has 0 saturated heterocycles. The van der Waals surface area contributed by atoms with Crippen LogP contribution in [0.25, 0.3) is 17.0 Å². The van der Waals surface area contributed by atoms with Gasteiger partial charge in [0, 0.05) is 29.8 Å². The standard InChI is InChI=1S/C14H11ClN2O2/c1-19-13-5-10-8(6-17-13)2-3-12-11(14(10)18)4-9(15)7-16-12/h2-5,7,17H,6H2,1H3. The molecule has 96 valence electrons. The lowest BCUT2D eigenvalue weighted by atomic mass is 10.1. The molecule has 5 heteroatoms. The highest BCUT2D eigenvalue weighted by atomic mass is 35.5. The zero-order valence-electron chi connectivity index (χ0n) is 10.2. The van der Waals surface area contributed by atoms with Gasteiger partial charge in [0.25, 0.3) is 0 Å². The second-order valence-corrected chi connectivity index (χ2v) is 4.69. The summed E-state index contributed by atoms with van der Waals surface area (Å²) in [7, 11) is 1.56. The molecule has 1 aromatic heterocycles. The SMILES string of the molecule is COC1=Cc2c(ccc3ncc(Cl)cc3c2=O)CN1. The first-order chi connectivity index (χ1) is 9.19. The van der Waals surface area contributed by atoms with Crippen LogP contribution in [0.4, 0.5) is 0 Å². The number of hydrogen-bond donors (Lipinski definition) is 1. The lowest BCUT2D eigenvalue weighted by molar-refractivity contribution is 0.263.